The van der Waals surface area contributed by atoms with Crippen LogP contribution in [0.15, 0.2) is 33.9 Å². The number of fused-ring (bicyclic) bond motifs is 1. The van der Waals surface area contributed by atoms with Crippen LogP contribution in [0.1, 0.15) is 19.8 Å². The summed E-state index contributed by atoms with van der Waals surface area (Å²) in [4.78, 5) is 4.53. The van der Waals surface area contributed by atoms with Gasteiger partial charge in [-0.3, -0.25) is 0 Å². The van der Waals surface area contributed by atoms with E-state index in [0.717, 1.165) is 48.9 Å². The summed E-state index contributed by atoms with van der Waals surface area (Å²) < 4.78 is 11.4. The number of hydrogen-bond acceptors (Lipinski definition) is 5. The van der Waals surface area contributed by atoms with Gasteiger partial charge in [-0.05, 0) is 31.5 Å². The number of oxazole rings is 1. The maximum absolute atomic E-state index is 5.79. The van der Waals surface area contributed by atoms with Crippen molar-refractivity contribution in [2.75, 3.05) is 19.8 Å². The van der Waals surface area contributed by atoms with Gasteiger partial charge in [-0.2, -0.15) is 0 Å². The molecule has 1 aliphatic rings. The van der Waals surface area contributed by atoms with Crippen molar-refractivity contribution in [3.05, 3.63) is 24.3 Å². The Kier molecular flexibility index (Phi) is 4.60. The second-order valence-corrected chi connectivity index (χ2v) is 6.22. The lowest BCUT2D eigenvalue weighted by Crippen LogP contribution is -2.45. The summed E-state index contributed by atoms with van der Waals surface area (Å²) in [6.07, 6.45) is 2.20. The Balaban J connectivity index is 1.70. The smallest absolute Gasteiger partial charge is 0.257 e. The molecule has 1 aromatic carbocycles. The summed E-state index contributed by atoms with van der Waals surface area (Å²) in [5.41, 5.74) is 1.77. The van der Waals surface area contributed by atoms with Crippen LogP contribution in [0, 0.1) is 0 Å². The number of ether oxygens (including phenoxy) is 1. The average molecular weight is 292 g/mol. The van der Waals surface area contributed by atoms with Crippen molar-refractivity contribution in [3.63, 3.8) is 0 Å². The second kappa shape index (κ2) is 6.61. The number of para-hydroxylation sites is 2. The molecule has 3 rings (SSSR count). The Bertz CT molecular complexity index is 525. The first-order chi connectivity index (χ1) is 9.86. The van der Waals surface area contributed by atoms with Crippen molar-refractivity contribution in [2.45, 2.75) is 36.3 Å². The van der Waals surface area contributed by atoms with E-state index in [2.05, 4.69) is 17.2 Å². The third-order valence-corrected chi connectivity index (χ3v) is 4.63. The lowest BCUT2D eigenvalue weighted by molar-refractivity contribution is 0.0830. The Morgan fingerprint density at radius 3 is 3.15 bits per heavy atom. The molecular weight excluding hydrogens is 272 g/mol. The van der Waals surface area contributed by atoms with Gasteiger partial charge in [-0.25, -0.2) is 4.98 Å². The third kappa shape index (κ3) is 3.16. The standard InChI is InChI=1S/C15H20N2O2S/c1-2-8-16-12-7-9-18-10-14(12)20-15-17-11-5-3-4-6-13(11)19-15/h3-6,12,14,16H,2,7-10H2,1H3. The predicted octanol–water partition coefficient (Wildman–Crippen LogP) is 3.08. The fourth-order valence-electron chi connectivity index (χ4n) is 2.42. The number of benzene rings is 1. The molecule has 1 saturated heterocycles. The predicted molar refractivity (Wildman–Crippen MR) is 81.2 cm³/mol. The maximum Gasteiger partial charge on any atom is 0.257 e. The fraction of sp³-hybridized carbons (Fsp3) is 0.533. The van der Waals surface area contributed by atoms with Crippen molar-refractivity contribution in [1.29, 1.82) is 0 Å². The molecule has 0 saturated carbocycles. The van der Waals surface area contributed by atoms with Crippen LogP contribution in [0.25, 0.3) is 11.1 Å². The molecule has 1 fully saturated rings. The quantitative estimate of drug-likeness (QED) is 0.917. The van der Waals surface area contributed by atoms with Gasteiger partial charge in [0.25, 0.3) is 5.22 Å². The lowest BCUT2D eigenvalue weighted by Gasteiger charge is -2.30. The van der Waals surface area contributed by atoms with Gasteiger partial charge < -0.3 is 14.5 Å². The molecule has 1 N–H and O–H groups in total. The molecule has 0 spiro atoms. The van der Waals surface area contributed by atoms with Crippen LogP contribution in [-0.4, -0.2) is 36.0 Å². The number of thioether (sulfide) groups is 1. The first kappa shape index (κ1) is 13.9. The zero-order valence-electron chi connectivity index (χ0n) is 11.7. The molecule has 2 heterocycles. The molecule has 1 aliphatic heterocycles. The van der Waals surface area contributed by atoms with Crippen molar-refractivity contribution < 1.29 is 9.15 Å². The topological polar surface area (TPSA) is 47.3 Å². The zero-order chi connectivity index (χ0) is 13.8. The van der Waals surface area contributed by atoms with Gasteiger partial charge in [0.2, 0.25) is 0 Å². The monoisotopic (exact) mass is 292 g/mol. The van der Waals surface area contributed by atoms with E-state index >= 15 is 0 Å². The van der Waals surface area contributed by atoms with Crippen LogP contribution in [-0.2, 0) is 4.74 Å². The average Bonchev–Trinajstić information content (AvgIpc) is 2.88. The van der Waals surface area contributed by atoms with E-state index in [1.54, 1.807) is 11.8 Å². The highest BCUT2D eigenvalue weighted by Crippen LogP contribution is 2.30. The van der Waals surface area contributed by atoms with Crippen LogP contribution in [0.3, 0.4) is 0 Å². The summed E-state index contributed by atoms with van der Waals surface area (Å²) in [5.74, 6) is 0. The molecule has 108 valence electrons. The molecule has 2 unspecified atom stereocenters. The van der Waals surface area contributed by atoms with Crippen molar-refractivity contribution in [1.82, 2.24) is 10.3 Å². The number of nitrogens with one attached hydrogen (secondary N) is 1. The van der Waals surface area contributed by atoms with E-state index in [0.29, 0.717) is 11.3 Å². The largest absolute Gasteiger partial charge is 0.431 e. The number of rotatable bonds is 5. The van der Waals surface area contributed by atoms with Crippen molar-refractivity contribution >= 4 is 22.9 Å². The summed E-state index contributed by atoms with van der Waals surface area (Å²) in [6.45, 7) is 4.83. The van der Waals surface area contributed by atoms with Crippen LogP contribution in [0.2, 0.25) is 0 Å². The highest BCUT2D eigenvalue weighted by molar-refractivity contribution is 7.99. The van der Waals surface area contributed by atoms with Crippen LogP contribution in [0.5, 0.6) is 0 Å². The summed E-state index contributed by atoms with van der Waals surface area (Å²) in [7, 11) is 0. The van der Waals surface area contributed by atoms with Gasteiger partial charge in [0, 0.05) is 12.6 Å². The first-order valence-electron chi connectivity index (χ1n) is 7.20. The minimum absolute atomic E-state index is 0.364. The van der Waals surface area contributed by atoms with Gasteiger partial charge in [0.15, 0.2) is 5.58 Å². The van der Waals surface area contributed by atoms with E-state index in [1.807, 2.05) is 24.3 Å². The maximum atomic E-state index is 5.79. The number of nitrogens with zero attached hydrogens (tertiary/aromatic N) is 1. The molecule has 1 aromatic heterocycles. The minimum atomic E-state index is 0.364. The Morgan fingerprint density at radius 1 is 1.40 bits per heavy atom. The molecule has 5 heteroatoms. The minimum Gasteiger partial charge on any atom is -0.431 e. The first-order valence-corrected chi connectivity index (χ1v) is 8.08. The fourth-order valence-corrected chi connectivity index (χ4v) is 3.53. The normalized spacial score (nSPS) is 23.2. The van der Waals surface area contributed by atoms with E-state index < -0.39 is 0 Å². The van der Waals surface area contributed by atoms with Crippen LogP contribution >= 0.6 is 11.8 Å². The molecular formula is C15H20N2O2S. The summed E-state index contributed by atoms with van der Waals surface area (Å²) >= 11 is 1.68. The van der Waals surface area contributed by atoms with E-state index in [4.69, 9.17) is 9.15 Å². The number of hydrogen-bond donors (Lipinski definition) is 1. The highest BCUT2D eigenvalue weighted by Gasteiger charge is 2.27. The van der Waals surface area contributed by atoms with E-state index in [-0.39, 0.29) is 0 Å². The second-order valence-electron chi connectivity index (χ2n) is 5.03. The van der Waals surface area contributed by atoms with Gasteiger partial charge >= 0.3 is 0 Å². The van der Waals surface area contributed by atoms with Crippen LogP contribution < -0.4 is 5.32 Å². The van der Waals surface area contributed by atoms with Gasteiger partial charge in [0.1, 0.15) is 5.52 Å². The number of aromatic nitrogens is 1. The third-order valence-electron chi connectivity index (χ3n) is 3.49. The Labute approximate surface area is 123 Å². The van der Waals surface area contributed by atoms with Crippen molar-refractivity contribution in [2.24, 2.45) is 0 Å². The van der Waals surface area contributed by atoms with Gasteiger partial charge in [0.05, 0.1) is 11.9 Å². The Hall–Kier alpha value is -1.04. The Morgan fingerprint density at radius 2 is 2.30 bits per heavy atom. The molecule has 0 bridgehead atoms. The summed E-state index contributed by atoms with van der Waals surface area (Å²) in [6, 6.07) is 8.36. The molecule has 4 nitrogen and oxygen atoms in total. The molecule has 2 atom stereocenters. The van der Waals surface area contributed by atoms with Crippen LogP contribution in [0.4, 0.5) is 0 Å². The lowest BCUT2D eigenvalue weighted by atomic mass is 10.1. The molecule has 0 amide bonds. The molecule has 20 heavy (non-hydrogen) atoms. The zero-order valence-corrected chi connectivity index (χ0v) is 12.5. The molecule has 0 radical (unpaired) electrons. The van der Waals surface area contributed by atoms with Crippen molar-refractivity contribution in [3.8, 4) is 0 Å². The van der Waals surface area contributed by atoms with E-state index in [1.165, 1.54) is 0 Å². The van der Waals surface area contributed by atoms with Gasteiger partial charge in [-0.15, -0.1) is 0 Å². The van der Waals surface area contributed by atoms with E-state index in [9.17, 15) is 0 Å². The SMILES string of the molecule is CCCNC1CCOCC1Sc1nc2ccccc2o1. The molecule has 2 aromatic rings. The van der Waals surface area contributed by atoms with Gasteiger partial charge in [-0.1, -0.05) is 30.8 Å². The molecule has 0 aliphatic carbocycles. The highest BCUT2D eigenvalue weighted by atomic mass is 32.2. The summed E-state index contributed by atoms with van der Waals surface area (Å²) in [5, 5.41) is 4.71.